The van der Waals surface area contributed by atoms with Crippen molar-refractivity contribution < 1.29 is 5.11 Å². The van der Waals surface area contributed by atoms with Gasteiger partial charge in [-0.2, -0.15) is 0 Å². The van der Waals surface area contributed by atoms with Crippen LogP contribution in [0.4, 0.5) is 0 Å². The van der Waals surface area contributed by atoms with Crippen molar-refractivity contribution in [1.82, 2.24) is 15.0 Å². The van der Waals surface area contributed by atoms with E-state index in [4.69, 9.17) is 5.11 Å². The second kappa shape index (κ2) is 3.98. The summed E-state index contributed by atoms with van der Waals surface area (Å²) in [6, 6.07) is 5.25. The second-order valence-corrected chi connectivity index (χ2v) is 3.14. The van der Waals surface area contributed by atoms with Crippen molar-refractivity contribution in [2.75, 3.05) is 0 Å². The third-order valence-electron chi connectivity index (χ3n) is 2.01. The molecule has 0 radical (unpaired) electrons. The lowest BCUT2D eigenvalue weighted by Crippen LogP contribution is -2.13. The zero-order valence-corrected chi connectivity index (χ0v) is 8.34. The van der Waals surface area contributed by atoms with Crippen LogP contribution in [0.3, 0.4) is 0 Å². The first-order chi connectivity index (χ1) is 7.68. The SMILES string of the molecule is C=C(O)c1ncc(-c2ccccn2)c(=O)[nH]1. The van der Waals surface area contributed by atoms with Gasteiger partial charge in [-0.25, -0.2) is 4.98 Å². The van der Waals surface area contributed by atoms with E-state index in [2.05, 4.69) is 21.5 Å². The van der Waals surface area contributed by atoms with Gasteiger partial charge >= 0.3 is 0 Å². The van der Waals surface area contributed by atoms with Gasteiger partial charge < -0.3 is 10.1 Å². The highest BCUT2D eigenvalue weighted by atomic mass is 16.3. The van der Waals surface area contributed by atoms with Crippen molar-refractivity contribution in [1.29, 1.82) is 0 Å². The van der Waals surface area contributed by atoms with Crippen LogP contribution >= 0.6 is 0 Å². The number of aliphatic hydroxyl groups is 1. The third-order valence-corrected chi connectivity index (χ3v) is 2.01. The summed E-state index contributed by atoms with van der Waals surface area (Å²) in [6.07, 6.45) is 2.95. The molecule has 0 saturated carbocycles. The monoisotopic (exact) mass is 215 g/mol. The molecule has 0 saturated heterocycles. The molecule has 2 N–H and O–H groups in total. The first-order valence-corrected chi connectivity index (χ1v) is 4.57. The van der Waals surface area contributed by atoms with E-state index in [1.54, 1.807) is 24.4 Å². The van der Waals surface area contributed by atoms with Crippen molar-refractivity contribution in [3.8, 4) is 11.3 Å². The molecular formula is C11H9N3O2. The van der Waals surface area contributed by atoms with Gasteiger partial charge in [0.2, 0.25) is 0 Å². The van der Waals surface area contributed by atoms with Gasteiger partial charge in [-0.3, -0.25) is 9.78 Å². The quantitative estimate of drug-likeness (QED) is 0.741. The van der Waals surface area contributed by atoms with E-state index in [1.165, 1.54) is 6.20 Å². The summed E-state index contributed by atoms with van der Waals surface area (Å²) in [5, 5.41) is 9.07. The Balaban J connectivity index is 2.53. The molecule has 80 valence electrons. The number of nitrogens with one attached hydrogen (secondary N) is 1. The van der Waals surface area contributed by atoms with Gasteiger partial charge in [-0.05, 0) is 12.1 Å². The van der Waals surface area contributed by atoms with Crippen molar-refractivity contribution in [2.24, 2.45) is 0 Å². The Morgan fingerprint density at radius 2 is 2.19 bits per heavy atom. The summed E-state index contributed by atoms with van der Waals surface area (Å²) in [7, 11) is 0. The number of pyridine rings is 1. The maximum absolute atomic E-state index is 11.7. The number of hydrogen-bond acceptors (Lipinski definition) is 4. The van der Waals surface area contributed by atoms with Gasteiger partial charge in [0.05, 0.1) is 11.3 Å². The van der Waals surface area contributed by atoms with E-state index >= 15 is 0 Å². The van der Waals surface area contributed by atoms with Gasteiger partial charge in [0.1, 0.15) is 0 Å². The standard InChI is InChI=1S/C11H9N3O2/c1-7(15)10-13-6-8(11(16)14-10)9-4-2-3-5-12-9/h2-6,15H,1H2,(H,13,14,16). The van der Waals surface area contributed by atoms with Gasteiger partial charge in [0.15, 0.2) is 11.6 Å². The number of hydrogen-bond donors (Lipinski definition) is 2. The number of aromatic amines is 1. The molecule has 0 aliphatic heterocycles. The van der Waals surface area contributed by atoms with E-state index in [1.807, 2.05) is 0 Å². The Kier molecular flexibility index (Phi) is 2.51. The molecule has 2 aromatic rings. The van der Waals surface area contributed by atoms with Crippen LogP contribution in [0.25, 0.3) is 17.0 Å². The summed E-state index contributed by atoms with van der Waals surface area (Å²) in [6.45, 7) is 3.28. The highest BCUT2D eigenvalue weighted by Gasteiger charge is 2.06. The fraction of sp³-hybridized carbons (Fsp3) is 0. The number of nitrogens with zero attached hydrogens (tertiary/aromatic N) is 2. The van der Waals surface area contributed by atoms with E-state index in [-0.39, 0.29) is 17.1 Å². The van der Waals surface area contributed by atoms with Crippen LogP contribution < -0.4 is 5.56 Å². The predicted molar refractivity (Wildman–Crippen MR) is 59.8 cm³/mol. The van der Waals surface area contributed by atoms with Crippen LogP contribution in [0.5, 0.6) is 0 Å². The molecule has 2 aromatic heterocycles. The van der Waals surface area contributed by atoms with Crippen molar-refractivity contribution in [2.45, 2.75) is 0 Å². The maximum atomic E-state index is 11.7. The van der Waals surface area contributed by atoms with Crippen molar-refractivity contribution >= 4 is 5.76 Å². The zero-order chi connectivity index (χ0) is 11.5. The van der Waals surface area contributed by atoms with Crippen LogP contribution in [0.15, 0.2) is 42.0 Å². The fourth-order valence-electron chi connectivity index (χ4n) is 1.25. The molecule has 2 rings (SSSR count). The molecule has 0 bridgehead atoms. The van der Waals surface area contributed by atoms with Crippen LogP contribution in [0.1, 0.15) is 5.82 Å². The molecule has 0 spiro atoms. The maximum Gasteiger partial charge on any atom is 0.260 e. The molecule has 16 heavy (non-hydrogen) atoms. The van der Waals surface area contributed by atoms with E-state index in [9.17, 15) is 4.79 Å². The lowest BCUT2D eigenvalue weighted by molar-refractivity contribution is 0.506. The molecular weight excluding hydrogens is 206 g/mol. The summed E-state index contributed by atoms with van der Waals surface area (Å²) >= 11 is 0. The highest BCUT2D eigenvalue weighted by molar-refractivity contribution is 5.57. The van der Waals surface area contributed by atoms with Crippen molar-refractivity contribution in [3.05, 3.63) is 53.3 Å². The Bertz CT molecular complexity index is 575. The Morgan fingerprint density at radius 3 is 2.75 bits per heavy atom. The average Bonchev–Trinajstić information content (AvgIpc) is 2.30. The van der Waals surface area contributed by atoms with Gasteiger partial charge in [0, 0.05) is 12.4 Å². The molecule has 5 nitrogen and oxygen atoms in total. The normalized spacial score (nSPS) is 10.0. The van der Waals surface area contributed by atoms with Crippen LogP contribution in [-0.4, -0.2) is 20.1 Å². The number of aliphatic hydroxyl groups excluding tert-OH is 1. The Labute approximate surface area is 91.1 Å². The van der Waals surface area contributed by atoms with Gasteiger partial charge in [-0.15, -0.1) is 0 Å². The lowest BCUT2D eigenvalue weighted by atomic mass is 10.2. The fourth-order valence-corrected chi connectivity index (χ4v) is 1.25. The molecule has 2 heterocycles. The molecule has 0 aromatic carbocycles. The minimum absolute atomic E-state index is 0.0599. The Morgan fingerprint density at radius 1 is 1.38 bits per heavy atom. The number of rotatable bonds is 2. The Hall–Kier alpha value is -2.43. The topological polar surface area (TPSA) is 78.9 Å². The van der Waals surface area contributed by atoms with Crippen molar-refractivity contribution in [3.63, 3.8) is 0 Å². The third kappa shape index (κ3) is 1.83. The summed E-state index contributed by atoms with van der Waals surface area (Å²) in [5.41, 5.74) is 0.524. The van der Waals surface area contributed by atoms with Gasteiger partial charge in [-0.1, -0.05) is 12.6 Å². The summed E-state index contributed by atoms with van der Waals surface area (Å²) < 4.78 is 0. The number of aromatic nitrogens is 3. The average molecular weight is 215 g/mol. The van der Waals surface area contributed by atoms with E-state index in [0.29, 0.717) is 11.3 Å². The van der Waals surface area contributed by atoms with Crippen LogP contribution in [-0.2, 0) is 0 Å². The van der Waals surface area contributed by atoms with E-state index in [0.717, 1.165) is 0 Å². The molecule has 0 aliphatic carbocycles. The number of H-pyrrole nitrogens is 1. The summed E-state index contributed by atoms with van der Waals surface area (Å²) in [5.74, 6) is -0.214. The highest BCUT2D eigenvalue weighted by Crippen LogP contribution is 2.10. The van der Waals surface area contributed by atoms with E-state index < -0.39 is 0 Å². The molecule has 5 heteroatoms. The second-order valence-electron chi connectivity index (χ2n) is 3.14. The smallest absolute Gasteiger partial charge is 0.260 e. The largest absolute Gasteiger partial charge is 0.505 e. The molecule has 0 unspecified atom stereocenters. The van der Waals surface area contributed by atoms with Gasteiger partial charge in [0.25, 0.3) is 5.56 Å². The first kappa shape index (κ1) is 10.1. The molecule has 0 aliphatic rings. The minimum Gasteiger partial charge on any atom is -0.505 e. The first-order valence-electron chi connectivity index (χ1n) is 4.57. The minimum atomic E-state index is -0.362. The zero-order valence-electron chi connectivity index (χ0n) is 8.34. The summed E-state index contributed by atoms with van der Waals surface area (Å²) in [4.78, 5) is 22.0. The molecule has 0 atom stereocenters. The van der Waals surface area contributed by atoms with Crippen LogP contribution in [0, 0.1) is 0 Å². The predicted octanol–water partition coefficient (Wildman–Crippen LogP) is 1.36. The molecule has 0 amide bonds. The van der Waals surface area contributed by atoms with Crippen LogP contribution in [0.2, 0.25) is 0 Å². The molecule has 0 fully saturated rings. The lowest BCUT2D eigenvalue weighted by Gasteiger charge is -2.00.